The number of rotatable bonds is 3. The van der Waals surface area contributed by atoms with Crippen molar-refractivity contribution in [1.82, 2.24) is 0 Å². The van der Waals surface area contributed by atoms with Crippen molar-refractivity contribution in [3.8, 4) is 5.75 Å². The van der Waals surface area contributed by atoms with Gasteiger partial charge in [0.15, 0.2) is 5.67 Å². The van der Waals surface area contributed by atoms with Crippen LogP contribution in [0.1, 0.15) is 12.5 Å². The van der Waals surface area contributed by atoms with Crippen LogP contribution in [0.15, 0.2) is 24.3 Å². The van der Waals surface area contributed by atoms with Gasteiger partial charge in [-0.15, -0.1) is 0 Å². The van der Waals surface area contributed by atoms with Gasteiger partial charge in [0, 0.05) is 0 Å². The quantitative estimate of drug-likeness (QED) is 0.818. The number of halogens is 3. The van der Waals surface area contributed by atoms with Crippen LogP contribution >= 0.6 is 0 Å². The summed E-state index contributed by atoms with van der Waals surface area (Å²) in [6.07, 6.45) is 0. The predicted molar refractivity (Wildman–Crippen MR) is 50.6 cm³/mol. The van der Waals surface area contributed by atoms with E-state index in [-0.39, 0.29) is 11.3 Å². The van der Waals surface area contributed by atoms with Gasteiger partial charge in [0.25, 0.3) is 5.92 Å². The third kappa shape index (κ3) is 2.07. The Hall–Kier alpha value is -1.23. The molecule has 0 aromatic heterocycles. The highest BCUT2D eigenvalue weighted by atomic mass is 19.3. The van der Waals surface area contributed by atoms with E-state index >= 15 is 0 Å². The molecule has 0 saturated heterocycles. The van der Waals surface area contributed by atoms with Crippen molar-refractivity contribution in [1.29, 1.82) is 0 Å². The van der Waals surface area contributed by atoms with Crippen LogP contribution in [-0.4, -0.2) is 17.6 Å². The van der Waals surface area contributed by atoms with E-state index < -0.39 is 18.1 Å². The van der Waals surface area contributed by atoms with Crippen molar-refractivity contribution < 1.29 is 18.3 Å². The summed E-state index contributed by atoms with van der Waals surface area (Å²) in [5, 5.41) is 9.07. The number of hydrogen-bond acceptors (Lipinski definition) is 2. The summed E-state index contributed by atoms with van der Waals surface area (Å²) in [5.41, 5.74) is 1.63. The fourth-order valence-electron chi connectivity index (χ4n) is 1.20. The molecule has 0 fully saturated rings. The molecule has 1 atom stereocenters. The third-order valence-corrected chi connectivity index (χ3v) is 2.33. The monoisotopic (exact) mass is 219 g/mol. The van der Waals surface area contributed by atoms with E-state index in [0.29, 0.717) is 0 Å². The summed E-state index contributed by atoms with van der Waals surface area (Å²) in [6.45, 7) is -0.343. The number of benzene rings is 1. The number of alkyl halides is 3. The molecule has 1 unspecified atom stereocenters. The summed E-state index contributed by atoms with van der Waals surface area (Å²) in [7, 11) is 0. The molecule has 0 amide bonds. The van der Waals surface area contributed by atoms with Gasteiger partial charge in [-0.25, -0.2) is 13.2 Å². The minimum absolute atomic E-state index is 0.260. The minimum Gasteiger partial charge on any atom is -0.508 e. The van der Waals surface area contributed by atoms with Crippen molar-refractivity contribution in [2.75, 3.05) is 6.54 Å². The van der Waals surface area contributed by atoms with Crippen LogP contribution in [0.4, 0.5) is 13.2 Å². The van der Waals surface area contributed by atoms with Gasteiger partial charge in [-0.2, -0.15) is 0 Å². The molecule has 3 N–H and O–H groups in total. The second-order valence-corrected chi connectivity index (χ2v) is 3.46. The van der Waals surface area contributed by atoms with Crippen molar-refractivity contribution in [3.05, 3.63) is 29.8 Å². The average Bonchev–Trinajstić information content (AvgIpc) is 2.17. The standard InChI is InChI=1S/C10H12F3NO/c1-9(11,10(12,13)6-14)7-3-2-4-8(15)5-7/h2-5,15H,6,14H2,1H3. The number of nitrogens with two attached hydrogens (primary N) is 1. The van der Waals surface area contributed by atoms with Crippen molar-refractivity contribution in [3.63, 3.8) is 0 Å². The van der Waals surface area contributed by atoms with Gasteiger partial charge in [-0.05, 0) is 24.6 Å². The topological polar surface area (TPSA) is 46.2 Å². The Morgan fingerprint density at radius 2 is 1.93 bits per heavy atom. The Bertz CT molecular complexity index is 352. The largest absolute Gasteiger partial charge is 0.508 e. The molecule has 5 heteroatoms. The summed E-state index contributed by atoms with van der Waals surface area (Å²) < 4.78 is 40.2. The van der Waals surface area contributed by atoms with Gasteiger partial charge < -0.3 is 10.8 Å². The molecule has 0 aliphatic rings. The molecule has 15 heavy (non-hydrogen) atoms. The zero-order valence-electron chi connectivity index (χ0n) is 8.17. The van der Waals surface area contributed by atoms with Crippen LogP contribution < -0.4 is 5.73 Å². The fraction of sp³-hybridized carbons (Fsp3) is 0.400. The van der Waals surface area contributed by atoms with E-state index in [4.69, 9.17) is 10.8 Å². The molecule has 0 saturated carbocycles. The van der Waals surface area contributed by atoms with Gasteiger partial charge in [-0.3, -0.25) is 0 Å². The first-order valence-corrected chi connectivity index (χ1v) is 4.37. The summed E-state index contributed by atoms with van der Waals surface area (Å²) in [6, 6.07) is 4.72. The molecule has 1 aromatic carbocycles. The van der Waals surface area contributed by atoms with E-state index in [2.05, 4.69) is 0 Å². The Balaban J connectivity index is 3.16. The molecule has 0 bridgehead atoms. The Kier molecular flexibility index (Phi) is 2.95. The molecule has 1 aromatic rings. The predicted octanol–water partition coefficient (Wildman–Crippen LogP) is 2.17. The van der Waals surface area contributed by atoms with Gasteiger partial charge >= 0.3 is 0 Å². The number of hydrogen-bond donors (Lipinski definition) is 2. The highest BCUT2D eigenvalue weighted by molar-refractivity contribution is 5.32. The lowest BCUT2D eigenvalue weighted by Crippen LogP contribution is -2.45. The van der Waals surface area contributed by atoms with E-state index in [0.717, 1.165) is 13.0 Å². The molecule has 0 aliphatic carbocycles. The van der Waals surface area contributed by atoms with Crippen LogP contribution in [0.5, 0.6) is 5.75 Å². The first-order valence-electron chi connectivity index (χ1n) is 4.37. The average molecular weight is 219 g/mol. The van der Waals surface area contributed by atoms with Crippen LogP contribution in [0, 0.1) is 0 Å². The fourth-order valence-corrected chi connectivity index (χ4v) is 1.20. The van der Waals surface area contributed by atoms with E-state index in [1.54, 1.807) is 0 Å². The lowest BCUT2D eigenvalue weighted by molar-refractivity contribution is -0.126. The van der Waals surface area contributed by atoms with Crippen LogP contribution in [0.3, 0.4) is 0 Å². The maximum Gasteiger partial charge on any atom is 0.297 e. The van der Waals surface area contributed by atoms with Gasteiger partial charge in [0.2, 0.25) is 0 Å². The molecule has 0 radical (unpaired) electrons. The molecule has 0 spiro atoms. The van der Waals surface area contributed by atoms with Gasteiger partial charge in [0.05, 0.1) is 6.54 Å². The molecular weight excluding hydrogens is 207 g/mol. The molecular formula is C10H12F3NO. The summed E-state index contributed by atoms with van der Waals surface area (Å²) >= 11 is 0. The van der Waals surface area contributed by atoms with E-state index in [9.17, 15) is 13.2 Å². The molecule has 2 nitrogen and oxygen atoms in total. The molecule has 1 rings (SSSR count). The van der Waals surface area contributed by atoms with Crippen molar-refractivity contribution in [2.45, 2.75) is 18.5 Å². The van der Waals surface area contributed by atoms with Gasteiger partial charge in [-0.1, -0.05) is 12.1 Å². The van der Waals surface area contributed by atoms with E-state index in [1.807, 2.05) is 0 Å². The first-order chi connectivity index (χ1) is 6.81. The van der Waals surface area contributed by atoms with Crippen molar-refractivity contribution >= 4 is 0 Å². The second kappa shape index (κ2) is 3.73. The van der Waals surface area contributed by atoms with E-state index in [1.165, 1.54) is 18.2 Å². The smallest absolute Gasteiger partial charge is 0.297 e. The SMILES string of the molecule is CC(F)(c1cccc(O)c1)C(F)(F)CN. The van der Waals surface area contributed by atoms with Crippen molar-refractivity contribution in [2.24, 2.45) is 5.73 Å². The van der Waals surface area contributed by atoms with Crippen LogP contribution in [0.2, 0.25) is 0 Å². The molecule has 0 heterocycles. The second-order valence-electron chi connectivity index (χ2n) is 3.46. The number of phenolic OH excluding ortho intramolecular Hbond substituents is 1. The normalized spacial score (nSPS) is 16.1. The number of phenols is 1. The highest BCUT2D eigenvalue weighted by Crippen LogP contribution is 2.41. The molecule has 0 aliphatic heterocycles. The zero-order chi connectivity index (χ0) is 11.7. The summed E-state index contributed by atoms with van der Waals surface area (Å²) in [4.78, 5) is 0. The zero-order valence-corrected chi connectivity index (χ0v) is 8.17. The Morgan fingerprint density at radius 3 is 2.40 bits per heavy atom. The maximum absolute atomic E-state index is 13.8. The number of aromatic hydroxyl groups is 1. The summed E-state index contributed by atoms with van der Waals surface area (Å²) in [5.74, 6) is -3.93. The van der Waals surface area contributed by atoms with Crippen LogP contribution in [-0.2, 0) is 5.67 Å². The minimum atomic E-state index is -3.67. The highest BCUT2D eigenvalue weighted by Gasteiger charge is 2.51. The first kappa shape index (κ1) is 11.8. The maximum atomic E-state index is 13.8. The van der Waals surface area contributed by atoms with Gasteiger partial charge in [0.1, 0.15) is 5.75 Å². The lowest BCUT2D eigenvalue weighted by atomic mass is 9.91. The Labute approximate surface area is 85.5 Å². The van der Waals surface area contributed by atoms with Crippen LogP contribution in [0.25, 0.3) is 0 Å². The Morgan fingerprint density at radius 1 is 1.33 bits per heavy atom. The lowest BCUT2D eigenvalue weighted by Gasteiger charge is -2.29. The third-order valence-electron chi connectivity index (χ3n) is 2.33. The molecule has 84 valence electrons.